The van der Waals surface area contributed by atoms with Crippen LogP contribution in [0.3, 0.4) is 0 Å². The number of hydrogen-bond acceptors (Lipinski definition) is 5. The average Bonchev–Trinajstić information content (AvgIpc) is 3.96. The first kappa shape index (κ1) is 52.1. The zero-order valence-corrected chi connectivity index (χ0v) is 46.0. The first-order valence-electron chi connectivity index (χ1n) is 26.4. The summed E-state index contributed by atoms with van der Waals surface area (Å²) in [6, 6.07) is 74.8. The molecule has 77 heavy (non-hydrogen) atoms. The number of nitrogens with zero attached hydrogens (tertiary/aromatic N) is 5. The SMILES string of the molecule is Cc1ccc(-c2[c-]cc(CCc3cc(CCc4c[c-]c(-c5ccc(C)cn5)cc4)cc(-c4ccccc4-c4c[c-]c(-c5ccc(C6(C)CCCC6)cn5)cc4-c4ccc(-c5cc(C#N)cc(C#N)c5)cc4)c3)cc2)nc1.[Ir+3]. The Balaban J connectivity index is 0.00000672. The molecule has 1 fully saturated rings. The van der Waals surface area contributed by atoms with Crippen LogP contribution in [0.5, 0.6) is 0 Å². The Morgan fingerprint density at radius 2 is 0.961 bits per heavy atom. The van der Waals surface area contributed by atoms with Gasteiger partial charge in [-0.05, 0) is 136 Å². The Morgan fingerprint density at radius 1 is 0.442 bits per heavy atom. The second kappa shape index (κ2) is 23.2. The second-order valence-corrected chi connectivity index (χ2v) is 20.7. The van der Waals surface area contributed by atoms with E-state index in [-0.39, 0.29) is 25.5 Å². The third-order valence-corrected chi connectivity index (χ3v) is 15.2. The average molecular weight is 1170 g/mol. The van der Waals surface area contributed by atoms with Gasteiger partial charge in [0.15, 0.2) is 0 Å². The van der Waals surface area contributed by atoms with Crippen LogP contribution in [-0.4, -0.2) is 15.0 Å². The van der Waals surface area contributed by atoms with Gasteiger partial charge in [0.2, 0.25) is 0 Å². The molecule has 3 aromatic heterocycles. The van der Waals surface area contributed by atoms with Gasteiger partial charge in [0.1, 0.15) is 0 Å². The summed E-state index contributed by atoms with van der Waals surface area (Å²) in [7, 11) is 0. The standard InChI is InChI=1S/C71H56N5.Ir/c1-48-10-31-68(74-45-48)58-20-16-50(17-21-58)12-14-52-36-53(15-13-51-18-22-59(23-19-51)69-32-11-49(2)46-75-69)39-62(38-52)64-8-4-5-9-65(64)66-30-28-60(70-33-29-63(47-76-70)71(3)34-6-7-35-71)42-67(66)57-26-24-56(25-27-57)61-40-54(43-72)37-55(41-61)44-73;/h4-5,8-11,16-20,22,24-27,29-33,36-42,45-47H,6-7,12-15,34-35H2,1-3H3;/q-3;+3. The van der Waals surface area contributed by atoms with Crippen LogP contribution in [0.1, 0.15) is 82.7 Å². The molecule has 0 N–H and O–H groups in total. The number of hydrogen-bond donors (Lipinski definition) is 0. The summed E-state index contributed by atoms with van der Waals surface area (Å²) in [6.07, 6.45) is 14.3. The van der Waals surface area contributed by atoms with Crippen LogP contribution in [0.4, 0.5) is 0 Å². The molecular formula is C71H56IrN5. The molecule has 0 radical (unpaired) electrons. The summed E-state index contributed by atoms with van der Waals surface area (Å²) in [6.45, 7) is 6.48. The topological polar surface area (TPSA) is 86.2 Å². The first-order chi connectivity index (χ1) is 37.2. The van der Waals surface area contributed by atoms with Crippen molar-refractivity contribution in [3.63, 3.8) is 0 Å². The van der Waals surface area contributed by atoms with Crippen molar-refractivity contribution in [1.82, 2.24) is 15.0 Å². The molecule has 10 aromatic rings. The van der Waals surface area contributed by atoms with E-state index >= 15 is 0 Å². The van der Waals surface area contributed by atoms with E-state index in [9.17, 15) is 10.5 Å². The molecule has 0 atom stereocenters. The minimum Gasteiger partial charge on any atom is -0.304 e. The van der Waals surface area contributed by atoms with Crippen molar-refractivity contribution in [3.05, 3.63) is 257 Å². The summed E-state index contributed by atoms with van der Waals surface area (Å²) in [5.74, 6) is 0. The molecule has 6 heteroatoms. The predicted molar refractivity (Wildman–Crippen MR) is 307 cm³/mol. The Bertz CT molecular complexity index is 3620. The molecule has 5 nitrogen and oxygen atoms in total. The fraction of sp³-hybridized carbons (Fsp3) is 0.169. The van der Waals surface area contributed by atoms with Gasteiger partial charge < -0.3 is 15.0 Å². The molecule has 1 aliphatic rings. The maximum absolute atomic E-state index is 9.77. The molecule has 0 bridgehead atoms. The van der Waals surface area contributed by atoms with E-state index in [1.54, 1.807) is 6.07 Å². The van der Waals surface area contributed by atoms with Crippen molar-refractivity contribution in [1.29, 1.82) is 10.5 Å². The van der Waals surface area contributed by atoms with Crippen molar-refractivity contribution in [2.45, 2.75) is 77.6 Å². The molecule has 7 aromatic carbocycles. The van der Waals surface area contributed by atoms with Crippen LogP contribution in [0.15, 0.2) is 188 Å². The van der Waals surface area contributed by atoms with Crippen LogP contribution in [-0.2, 0) is 51.2 Å². The van der Waals surface area contributed by atoms with Gasteiger partial charge in [-0.15, -0.1) is 94.5 Å². The number of aryl methyl sites for hydroxylation is 6. The van der Waals surface area contributed by atoms with Crippen LogP contribution < -0.4 is 0 Å². The molecule has 0 unspecified atom stereocenters. The monoisotopic (exact) mass is 1170 g/mol. The second-order valence-electron chi connectivity index (χ2n) is 20.7. The zero-order valence-electron chi connectivity index (χ0n) is 43.6. The van der Waals surface area contributed by atoms with Gasteiger partial charge in [-0.25, -0.2) is 0 Å². The molecule has 0 amide bonds. The largest absolute Gasteiger partial charge is 3.00 e. The van der Waals surface area contributed by atoms with E-state index in [2.05, 4.69) is 219 Å². The summed E-state index contributed by atoms with van der Waals surface area (Å²) in [5, 5.41) is 19.5. The Morgan fingerprint density at radius 3 is 1.48 bits per heavy atom. The van der Waals surface area contributed by atoms with Gasteiger partial charge in [0.05, 0.1) is 23.3 Å². The van der Waals surface area contributed by atoms with Crippen LogP contribution in [0, 0.1) is 54.7 Å². The Hall–Kier alpha value is -8.38. The van der Waals surface area contributed by atoms with Crippen LogP contribution in [0.25, 0.3) is 78.3 Å². The zero-order chi connectivity index (χ0) is 52.0. The molecule has 0 aliphatic heterocycles. The molecule has 3 heterocycles. The number of nitriles is 2. The molecule has 11 rings (SSSR count). The van der Waals surface area contributed by atoms with E-state index < -0.39 is 0 Å². The van der Waals surface area contributed by atoms with E-state index in [1.807, 2.05) is 24.5 Å². The molecular weight excluding hydrogens is 1120 g/mol. The summed E-state index contributed by atoms with van der Waals surface area (Å²) < 4.78 is 0. The maximum atomic E-state index is 9.77. The molecule has 1 saturated carbocycles. The van der Waals surface area contributed by atoms with E-state index in [0.717, 1.165) is 115 Å². The summed E-state index contributed by atoms with van der Waals surface area (Å²) in [4.78, 5) is 14.3. The van der Waals surface area contributed by atoms with Gasteiger partial charge in [-0.3, -0.25) is 0 Å². The molecule has 0 spiro atoms. The van der Waals surface area contributed by atoms with Gasteiger partial charge in [-0.1, -0.05) is 152 Å². The number of aromatic nitrogens is 3. The normalized spacial score (nSPS) is 12.6. The summed E-state index contributed by atoms with van der Waals surface area (Å²) in [5.41, 5.74) is 23.6. The van der Waals surface area contributed by atoms with Gasteiger partial charge in [-0.2, -0.15) is 10.5 Å². The predicted octanol–water partition coefficient (Wildman–Crippen LogP) is 16.7. The quantitative estimate of drug-likeness (QED) is 0.101. The van der Waals surface area contributed by atoms with Crippen molar-refractivity contribution in [3.8, 4) is 90.4 Å². The number of rotatable bonds is 14. The first-order valence-corrected chi connectivity index (χ1v) is 26.4. The van der Waals surface area contributed by atoms with Crippen molar-refractivity contribution >= 4 is 0 Å². The van der Waals surface area contributed by atoms with Crippen molar-refractivity contribution in [2.24, 2.45) is 0 Å². The minimum atomic E-state index is 0. The third-order valence-electron chi connectivity index (χ3n) is 15.2. The Labute approximate surface area is 467 Å². The fourth-order valence-electron chi connectivity index (χ4n) is 10.8. The smallest absolute Gasteiger partial charge is 0.304 e. The van der Waals surface area contributed by atoms with Gasteiger partial charge >= 0.3 is 20.1 Å². The molecule has 374 valence electrons. The fourth-order valence-corrected chi connectivity index (χ4v) is 10.8. The number of benzene rings is 7. The molecule has 0 saturated heterocycles. The van der Waals surface area contributed by atoms with E-state index in [1.165, 1.54) is 53.5 Å². The molecule has 1 aliphatic carbocycles. The van der Waals surface area contributed by atoms with Crippen LogP contribution in [0.2, 0.25) is 0 Å². The van der Waals surface area contributed by atoms with E-state index in [0.29, 0.717) is 11.1 Å². The van der Waals surface area contributed by atoms with Crippen molar-refractivity contribution < 1.29 is 20.1 Å². The third kappa shape index (κ3) is 11.9. The Kier molecular flexibility index (Phi) is 15.7. The van der Waals surface area contributed by atoms with Crippen molar-refractivity contribution in [2.75, 3.05) is 0 Å². The summed E-state index contributed by atoms with van der Waals surface area (Å²) >= 11 is 0. The van der Waals surface area contributed by atoms with Gasteiger partial charge in [0, 0.05) is 18.6 Å². The van der Waals surface area contributed by atoms with Crippen LogP contribution >= 0.6 is 0 Å². The van der Waals surface area contributed by atoms with Gasteiger partial charge in [0.25, 0.3) is 0 Å². The van der Waals surface area contributed by atoms with E-state index in [4.69, 9.17) is 4.98 Å². The maximum Gasteiger partial charge on any atom is 3.00 e. The number of pyridine rings is 3. The minimum absolute atomic E-state index is 0.